The summed E-state index contributed by atoms with van der Waals surface area (Å²) in [7, 11) is -2.05. The van der Waals surface area contributed by atoms with Crippen molar-refractivity contribution >= 4 is 39.1 Å². The zero-order valence-corrected chi connectivity index (χ0v) is 21.4. The molecule has 1 fully saturated rings. The summed E-state index contributed by atoms with van der Waals surface area (Å²) in [4.78, 5) is 13.1. The molecule has 1 aliphatic heterocycles. The first-order valence-corrected chi connectivity index (χ1v) is 13.4. The molecule has 1 amide bonds. The van der Waals surface area contributed by atoms with E-state index < -0.39 is 15.9 Å². The molecular weight excluding hydrogens is 483 g/mol. The number of ether oxygens (including phenoxy) is 1. The van der Waals surface area contributed by atoms with Gasteiger partial charge in [0.15, 0.2) is 0 Å². The van der Waals surface area contributed by atoms with Crippen LogP contribution >= 0.6 is 23.2 Å². The van der Waals surface area contributed by atoms with E-state index in [2.05, 4.69) is 5.32 Å². The van der Waals surface area contributed by atoms with Gasteiger partial charge in [-0.1, -0.05) is 48.3 Å². The standard InChI is InChI=1S/C24H30Cl2N2O4S/c1-4-22(17-10-11-23(32-3)16(2)13-17)27-24(29)18-7-6-12-28(14-18)33(30,31)15-19-20(25)8-5-9-21(19)26/h5,8-11,13,18,22H,4,6-7,12,14-15H2,1-3H3,(H,27,29)/t18-,22+/m1/s1. The molecule has 1 aliphatic rings. The van der Waals surface area contributed by atoms with Gasteiger partial charge in [-0.2, -0.15) is 0 Å². The van der Waals surface area contributed by atoms with Crippen LogP contribution < -0.4 is 10.1 Å². The van der Waals surface area contributed by atoms with Crippen LogP contribution in [0.3, 0.4) is 0 Å². The van der Waals surface area contributed by atoms with Gasteiger partial charge >= 0.3 is 0 Å². The van der Waals surface area contributed by atoms with Crippen LogP contribution in [0.15, 0.2) is 36.4 Å². The Hall–Kier alpha value is -1.80. The molecule has 180 valence electrons. The Labute approximate surface area is 206 Å². The van der Waals surface area contributed by atoms with Gasteiger partial charge in [-0.3, -0.25) is 4.79 Å². The normalized spacial score (nSPS) is 18.0. The molecule has 2 aromatic carbocycles. The molecule has 0 bridgehead atoms. The third kappa shape index (κ3) is 6.21. The summed E-state index contributed by atoms with van der Waals surface area (Å²) < 4.78 is 32.9. The fourth-order valence-electron chi connectivity index (χ4n) is 4.18. The maximum absolute atomic E-state index is 13.1. The highest BCUT2D eigenvalue weighted by Crippen LogP contribution is 2.30. The van der Waals surface area contributed by atoms with Crippen molar-refractivity contribution in [3.8, 4) is 5.75 Å². The molecule has 0 aromatic heterocycles. The molecule has 0 unspecified atom stereocenters. The number of nitrogens with one attached hydrogen (secondary N) is 1. The second kappa shape index (κ2) is 11.1. The molecule has 1 N–H and O–H groups in total. The predicted molar refractivity (Wildman–Crippen MR) is 132 cm³/mol. The van der Waals surface area contributed by atoms with Crippen molar-refractivity contribution in [1.29, 1.82) is 0 Å². The average molecular weight is 513 g/mol. The van der Waals surface area contributed by atoms with Crippen LogP contribution in [0.25, 0.3) is 0 Å². The Morgan fingerprint density at radius 1 is 1.24 bits per heavy atom. The fourth-order valence-corrected chi connectivity index (χ4v) is 6.54. The van der Waals surface area contributed by atoms with Gasteiger partial charge in [-0.25, -0.2) is 12.7 Å². The van der Waals surface area contributed by atoms with Crippen LogP contribution in [-0.2, 0) is 20.6 Å². The number of hydrogen-bond donors (Lipinski definition) is 1. The van der Waals surface area contributed by atoms with E-state index in [4.69, 9.17) is 27.9 Å². The number of carbonyl (C=O) groups is 1. The van der Waals surface area contributed by atoms with E-state index >= 15 is 0 Å². The largest absolute Gasteiger partial charge is 0.496 e. The highest BCUT2D eigenvalue weighted by Gasteiger charge is 2.33. The minimum absolute atomic E-state index is 0.133. The Balaban J connectivity index is 1.70. The molecule has 0 aliphatic carbocycles. The summed E-state index contributed by atoms with van der Waals surface area (Å²) in [5.41, 5.74) is 2.38. The SMILES string of the molecule is CC[C@H](NC(=O)[C@@H]1CCCN(S(=O)(=O)Cc2c(Cl)cccc2Cl)C1)c1ccc(OC)c(C)c1. The molecule has 2 aromatic rings. The smallest absolute Gasteiger partial charge is 0.224 e. The molecule has 0 spiro atoms. The number of methoxy groups -OCH3 is 1. The third-order valence-corrected chi connectivity index (χ3v) is 8.56. The Morgan fingerprint density at radius 2 is 1.94 bits per heavy atom. The molecule has 9 heteroatoms. The lowest BCUT2D eigenvalue weighted by atomic mass is 9.96. The number of hydrogen-bond acceptors (Lipinski definition) is 4. The van der Waals surface area contributed by atoms with Crippen molar-refractivity contribution in [2.24, 2.45) is 5.92 Å². The minimum atomic E-state index is -3.68. The number of amides is 1. The van der Waals surface area contributed by atoms with E-state index in [0.29, 0.717) is 35.0 Å². The number of sulfonamides is 1. The number of piperidine rings is 1. The molecule has 0 radical (unpaired) electrons. The Morgan fingerprint density at radius 3 is 2.55 bits per heavy atom. The summed E-state index contributed by atoms with van der Waals surface area (Å²) in [6.45, 7) is 4.50. The second-order valence-corrected chi connectivity index (χ2v) is 11.1. The number of carbonyl (C=O) groups excluding carboxylic acids is 1. The van der Waals surface area contributed by atoms with E-state index in [1.165, 1.54) is 4.31 Å². The van der Waals surface area contributed by atoms with Crippen molar-refractivity contribution in [1.82, 2.24) is 9.62 Å². The van der Waals surface area contributed by atoms with Crippen molar-refractivity contribution in [2.45, 2.75) is 44.9 Å². The average Bonchev–Trinajstić information content (AvgIpc) is 2.80. The highest BCUT2D eigenvalue weighted by molar-refractivity contribution is 7.88. The molecule has 1 saturated heterocycles. The number of halogens is 2. The third-order valence-electron chi connectivity index (χ3n) is 6.08. The molecule has 2 atom stereocenters. The predicted octanol–water partition coefficient (Wildman–Crippen LogP) is 5.12. The van der Waals surface area contributed by atoms with Gasteiger partial charge in [-0.05, 0) is 55.5 Å². The number of rotatable bonds is 8. The number of nitrogens with zero attached hydrogens (tertiary/aromatic N) is 1. The summed E-state index contributed by atoms with van der Waals surface area (Å²) in [5, 5.41) is 3.75. The Bertz CT molecular complexity index is 1090. The van der Waals surface area contributed by atoms with Crippen molar-refractivity contribution < 1.29 is 17.9 Å². The quantitative estimate of drug-likeness (QED) is 0.532. The van der Waals surface area contributed by atoms with Crippen LogP contribution in [-0.4, -0.2) is 38.8 Å². The summed E-state index contributed by atoms with van der Waals surface area (Å²) >= 11 is 12.4. The number of benzene rings is 2. The van der Waals surface area contributed by atoms with E-state index in [1.54, 1.807) is 25.3 Å². The lowest BCUT2D eigenvalue weighted by molar-refractivity contribution is -0.126. The molecule has 3 rings (SSSR count). The lowest BCUT2D eigenvalue weighted by Crippen LogP contribution is -2.46. The first-order valence-electron chi connectivity index (χ1n) is 11.0. The summed E-state index contributed by atoms with van der Waals surface area (Å²) in [6, 6.07) is 10.6. The van der Waals surface area contributed by atoms with Gasteiger partial charge in [-0.15, -0.1) is 0 Å². The first-order chi connectivity index (χ1) is 15.7. The van der Waals surface area contributed by atoms with Crippen molar-refractivity contribution in [3.05, 3.63) is 63.1 Å². The maximum atomic E-state index is 13.1. The van der Waals surface area contributed by atoms with E-state index in [0.717, 1.165) is 23.3 Å². The van der Waals surface area contributed by atoms with E-state index in [-0.39, 0.29) is 24.2 Å². The Kier molecular flexibility index (Phi) is 8.67. The van der Waals surface area contributed by atoms with Gasteiger partial charge in [0, 0.05) is 28.7 Å². The zero-order chi connectivity index (χ0) is 24.2. The summed E-state index contributed by atoms with van der Waals surface area (Å²) in [6.07, 6.45) is 1.98. The molecule has 0 saturated carbocycles. The van der Waals surface area contributed by atoms with E-state index in [9.17, 15) is 13.2 Å². The number of aryl methyl sites for hydroxylation is 1. The minimum Gasteiger partial charge on any atom is -0.496 e. The second-order valence-electron chi connectivity index (χ2n) is 8.35. The van der Waals surface area contributed by atoms with E-state index in [1.807, 2.05) is 32.0 Å². The van der Waals surface area contributed by atoms with Gasteiger partial charge in [0.25, 0.3) is 0 Å². The molecule has 6 nitrogen and oxygen atoms in total. The first kappa shape index (κ1) is 25.8. The maximum Gasteiger partial charge on any atom is 0.224 e. The van der Waals surface area contributed by atoms with Crippen LogP contribution in [0.4, 0.5) is 0 Å². The topological polar surface area (TPSA) is 75.7 Å². The van der Waals surface area contributed by atoms with Gasteiger partial charge < -0.3 is 10.1 Å². The van der Waals surface area contributed by atoms with Crippen LogP contribution in [0.1, 0.15) is 48.9 Å². The molecule has 1 heterocycles. The summed E-state index contributed by atoms with van der Waals surface area (Å²) in [5.74, 6) is -0.0379. The van der Waals surface area contributed by atoms with Crippen LogP contribution in [0.5, 0.6) is 5.75 Å². The molecular formula is C24H30Cl2N2O4S. The van der Waals surface area contributed by atoms with Gasteiger partial charge in [0.2, 0.25) is 15.9 Å². The van der Waals surface area contributed by atoms with Crippen molar-refractivity contribution in [2.75, 3.05) is 20.2 Å². The van der Waals surface area contributed by atoms with Crippen LogP contribution in [0.2, 0.25) is 10.0 Å². The highest BCUT2D eigenvalue weighted by atomic mass is 35.5. The van der Waals surface area contributed by atoms with Gasteiger partial charge in [0.05, 0.1) is 24.8 Å². The van der Waals surface area contributed by atoms with Crippen LogP contribution in [0, 0.1) is 12.8 Å². The molecule has 33 heavy (non-hydrogen) atoms. The fraction of sp³-hybridized carbons (Fsp3) is 0.458. The lowest BCUT2D eigenvalue weighted by Gasteiger charge is -2.32. The van der Waals surface area contributed by atoms with Gasteiger partial charge in [0.1, 0.15) is 5.75 Å². The van der Waals surface area contributed by atoms with Crippen molar-refractivity contribution in [3.63, 3.8) is 0 Å². The zero-order valence-electron chi connectivity index (χ0n) is 19.1. The monoisotopic (exact) mass is 512 g/mol.